The molecule has 1 aliphatic heterocycles. The van der Waals surface area contributed by atoms with E-state index in [1.807, 2.05) is 24.3 Å². The van der Waals surface area contributed by atoms with Gasteiger partial charge < -0.3 is 9.80 Å². The second kappa shape index (κ2) is 7.05. The van der Waals surface area contributed by atoms with Gasteiger partial charge in [0, 0.05) is 18.5 Å². The molecule has 6 heteroatoms. The van der Waals surface area contributed by atoms with Gasteiger partial charge in [0.15, 0.2) is 0 Å². The van der Waals surface area contributed by atoms with Crippen molar-refractivity contribution in [2.75, 3.05) is 24.2 Å². The van der Waals surface area contributed by atoms with Crippen LogP contribution in [0.2, 0.25) is 0 Å². The van der Waals surface area contributed by atoms with Crippen LogP contribution in [-0.4, -0.2) is 36.1 Å². The number of thioether (sulfide) groups is 1. The van der Waals surface area contributed by atoms with Gasteiger partial charge in [-0.25, -0.2) is 4.39 Å². The molecule has 124 valence electrons. The lowest BCUT2D eigenvalue weighted by Crippen LogP contribution is -2.43. The Labute approximate surface area is 144 Å². The summed E-state index contributed by atoms with van der Waals surface area (Å²) in [6.45, 7) is 0.289. The molecule has 0 unspecified atom stereocenters. The fourth-order valence-electron chi connectivity index (χ4n) is 2.58. The zero-order valence-electron chi connectivity index (χ0n) is 13.2. The van der Waals surface area contributed by atoms with Gasteiger partial charge in [-0.15, -0.1) is 11.8 Å². The van der Waals surface area contributed by atoms with Crippen LogP contribution >= 0.6 is 11.8 Å². The smallest absolute Gasteiger partial charge is 0.242 e. The van der Waals surface area contributed by atoms with Crippen molar-refractivity contribution >= 4 is 29.3 Å². The third-order valence-electron chi connectivity index (χ3n) is 3.84. The van der Waals surface area contributed by atoms with Crippen LogP contribution in [0.5, 0.6) is 0 Å². The second-order valence-electron chi connectivity index (χ2n) is 5.62. The number of hydrogen-bond acceptors (Lipinski definition) is 3. The van der Waals surface area contributed by atoms with Crippen LogP contribution in [-0.2, 0) is 16.1 Å². The second-order valence-corrected chi connectivity index (χ2v) is 6.63. The van der Waals surface area contributed by atoms with Gasteiger partial charge in [-0.3, -0.25) is 9.59 Å². The molecule has 0 saturated carbocycles. The van der Waals surface area contributed by atoms with E-state index in [1.54, 1.807) is 19.2 Å². The maximum atomic E-state index is 13.2. The van der Waals surface area contributed by atoms with Crippen molar-refractivity contribution in [2.45, 2.75) is 11.4 Å². The molecule has 0 aliphatic carbocycles. The zero-order valence-corrected chi connectivity index (χ0v) is 14.1. The van der Waals surface area contributed by atoms with Gasteiger partial charge in [-0.05, 0) is 29.8 Å². The molecule has 1 aliphatic rings. The van der Waals surface area contributed by atoms with E-state index in [-0.39, 0.29) is 24.2 Å². The van der Waals surface area contributed by atoms with Crippen LogP contribution in [0, 0.1) is 5.82 Å². The minimum absolute atomic E-state index is 0.0117. The monoisotopic (exact) mass is 344 g/mol. The molecule has 0 spiro atoms. The summed E-state index contributed by atoms with van der Waals surface area (Å²) in [5.74, 6) is -0.260. The molecule has 0 saturated heterocycles. The molecule has 2 amide bonds. The number of halogens is 1. The fourth-order valence-corrected chi connectivity index (χ4v) is 3.52. The van der Waals surface area contributed by atoms with Crippen molar-refractivity contribution < 1.29 is 14.0 Å². The maximum absolute atomic E-state index is 13.2. The number of rotatable bonds is 4. The summed E-state index contributed by atoms with van der Waals surface area (Å²) in [6, 6.07) is 13.7. The summed E-state index contributed by atoms with van der Waals surface area (Å²) < 4.78 is 13.2. The van der Waals surface area contributed by atoms with E-state index in [9.17, 15) is 14.0 Å². The van der Waals surface area contributed by atoms with E-state index in [4.69, 9.17) is 0 Å². The van der Waals surface area contributed by atoms with E-state index in [0.29, 0.717) is 17.9 Å². The largest absolute Gasteiger partial charge is 0.340 e. The molecule has 4 nitrogen and oxygen atoms in total. The summed E-state index contributed by atoms with van der Waals surface area (Å²) in [5.41, 5.74) is 1.48. The molecule has 2 aromatic rings. The topological polar surface area (TPSA) is 40.6 Å². The van der Waals surface area contributed by atoms with Crippen LogP contribution in [0.3, 0.4) is 0 Å². The van der Waals surface area contributed by atoms with E-state index in [0.717, 1.165) is 10.6 Å². The zero-order chi connectivity index (χ0) is 17.1. The van der Waals surface area contributed by atoms with Crippen molar-refractivity contribution in [2.24, 2.45) is 0 Å². The van der Waals surface area contributed by atoms with Crippen molar-refractivity contribution in [1.82, 2.24) is 4.90 Å². The first-order valence-corrected chi connectivity index (χ1v) is 8.54. The van der Waals surface area contributed by atoms with Crippen molar-refractivity contribution in [3.8, 4) is 0 Å². The average Bonchev–Trinajstić information content (AvgIpc) is 2.57. The molecule has 24 heavy (non-hydrogen) atoms. The highest BCUT2D eigenvalue weighted by Gasteiger charge is 2.27. The molecular weight excluding hydrogens is 327 g/mol. The molecule has 0 bridgehead atoms. The number of para-hydroxylation sites is 1. The highest BCUT2D eigenvalue weighted by molar-refractivity contribution is 8.00. The minimum atomic E-state index is -0.328. The van der Waals surface area contributed by atoms with Crippen LogP contribution < -0.4 is 4.90 Å². The minimum Gasteiger partial charge on any atom is -0.340 e. The number of nitrogens with zero attached hydrogens (tertiary/aromatic N) is 2. The number of fused-ring (bicyclic) bond motifs is 1. The first-order valence-electron chi connectivity index (χ1n) is 7.55. The van der Waals surface area contributed by atoms with E-state index < -0.39 is 0 Å². The van der Waals surface area contributed by atoms with Crippen LogP contribution in [0.15, 0.2) is 53.4 Å². The third kappa shape index (κ3) is 3.59. The summed E-state index contributed by atoms with van der Waals surface area (Å²) in [4.78, 5) is 28.7. The molecule has 0 atom stereocenters. The Bertz CT molecular complexity index is 781. The van der Waals surface area contributed by atoms with E-state index in [1.165, 1.54) is 33.7 Å². The summed E-state index contributed by atoms with van der Waals surface area (Å²) in [5, 5.41) is 0. The van der Waals surface area contributed by atoms with Gasteiger partial charge in [0.2, 0.25) is 11.8 Å². The number of anilines is 1. The lowest BCUT2D eigenvalue weighted by molar-refractivity contribution is -0.130. The predicted octanol–water partition coefficient (Wildman–Crippen LogP) is 2.92. The number of amides is 2. The Kier molecular flexibility index (Phi) is 4.85. The fraction of sp³-hybridized carbons (Fsp3) is 0.222. The van der Waals surface area contributed by atoms with Gasteiger partial charge in [-0.2, -0.15) is 0 Å². The van der Waals surface area contributed by atoms with Gasteiger partial charge in [0.1, 0.15) is 12.4 Å². The Hall–Kier alpha value is -2.34. The molecule has 0 radical (unpaired) electrons. The number of likely N-dealkylation sites (N-methyl/N-ethyl adjacent to an activating group) is 1. The molecule has 0 fully saturated rings. The summed E-state index contributed by atoms with van der Waals surface area (Å²) in [6.07, 6.45) is 0. The van der Waals surface area contributed by atoms with Crippen molar-refractivity contribution in [1.29, 1.82) is 0 Å². The molecule has 1 heterocycles. The molecule has 0 N–H and O–H groups in total. The lowest BCUT2D eigenvalue weighted by Gasteiger charge is -2.30. The van der Waals surface area contributed by atoms with Crippen molar-refractivity contribution in [3.63, 3.8) is 0 Å². The quantitative estimate of drug-likeness (QED) is 0.856. The molecule has 3 rings (SSSR count). The number of carbonyl (C=O) groups excluding carboxylic acids is 2. The SMILES string of the molecule is CN(Cc1cccc(F)c1)C(=O)CN1C(=O)CSc2ccccc21. The average molecular weight is 344 g/mol. The Morgan fingerprint density at radius 2 is 2.04 bits per heavy atom. The lowest BCUT2D eigenvalue weighted by atomic mass is 10.2. The Balaban J connectivity index is 1.71. The van der Waals surface area contributed by atoms with Crippen LogP contribution in [0.4, 0.5) is 10.1 Å². The van der Waals surface area contributed by atoms with Gasteiger partial charge in [0.25, 0.3) is 0 Å². The van der Waals surface area contributed by atoms with Crippen LogP contribution in [0.25, 0.3) is 0 Å². The van der Waals surface area contributed by atoms with Crippen LogP contribution in [0.1, 0.15) is 5.56 Å². The van der Waals surface area contributed by atoms with Gasteiger partial charge in [0.05, 0.1) is 11.4 Å². The molecule has 2 aromatic carbocycles. The van der Waals surface area contributed by atoms with Gasteiger partial charge in [-0.1, -0.05) is 24.3 Å². The Morgan fingerprint density at radius 3 is 2.83 bits per heavy atom. The normalized spacial score (nSPS) is 13.6. The first-order chi connectivity index (χ1) is 11.5. The highest BCUT2D eigenvalue weighted by atomic mass is 32.2. The number of carbonyl (C=O) groups is 2. The first kappa shape index (κ1) is 16.5. The van der Waals surface area contributed by atoms with E-state index in [2.05, 4.69) is 0 Å². The highest BCUT2D eigenvalue weighted by Crippen LogP contribution is 2.34. The third-order valence-corrected chi connectivity index (χ3v) is 4.88. The Morgan fingerprint density at radius 1 is 1.25 bits per heavy atom. The summed E-state index contributed by atoms with van der Waals surface area (Å²) in [7, 11) is 1.66. The predicted molar refractivity (Wildman–Crippen MR) is 92.4 cm³/mol. The van der Waals surface area contributed by atoms with E-state index >= 15 is 0 Å². The summed E-state index contributed by atoms with van der Waals surface area (Å²) >= 11 is 1.48. The number of benzene rings is 2. The standard InChI is InChI=1S/C18H17FN2O2S/c1-20(10-13-5-4-6-14(19)9-13)17(22)11-21-15-7-2-3-8-16(15)24-12-18(21)23/h2-9H,10-12H2,1H3. The number of hydrogen-bond donors (Lipinski definition) is 0. The maximum Gasteiger partial charge on any atom is 0.242 e. The van der Waals surface area contributed by atoms with Gasteiger partial charge >= 0.3 is 0 Å². The van der Waals surface area contributed by atoms with Crippen molar-refractivity contribution in [3.05, 3.63) is 59.9 Å². The molecule has 0 aromatic heterocycles. The molecular formula is C18H17FN2O2S.